The van der Waals surface area contributed by atoms with Crippen molar-refractivity contribution in [1.82, 2.24) is 4.83 Å². The lowest BCUT2D eigenvalue weighted by Gasteiger charge is -2.50. The zero-order valence-electron chi connectivity index (χ0n) is 12.2. The van der Waals surface area contributed by atoms with E-state index in [0.29, 0.717) is 16.9 Å². The molecule has 1 N–H and O–H groups in total. The van der Waals surface area contributed by atoms with Crippen LogP contribution in [0.4, 0.5) is 0 Å². The zero-order chi connectivity index (χ0) is 15.3. The third-order valence-electron chi connectivity index (χ3n) is 5.39. The third-order valence-corrected chi connectivity index (χ3v) is 6.87. The molecule has 1 aromatic carbocycles. The van der Waals surface area contributed by atoms with E-state index < -0.39 is 10.0 Å². The largest absolute Gasteiger partial charge is 0.276 e. The van der Waals surface area contributed by atoms with Gasteiger partial charge in [-0.05, 0) is 80.0 Å². The summed E-state index contributed by atoms with van der Waals surface area (Å²) in [4.78, 5) is 2.64. The SMILES string of the molecule is O=S(=O)(NN=C1C2CC3CC(C2)CC1C3)c1ccc(Cl)cc1. The monoisotopic (exact) mass is 338 g/mol. The number of nitrogens with one attached hydrogen (secondary N) is 1. The second-order valence-electron chi connectivity index (χ2n) is 6.89. The minimum atomic E-state index is -3.61. The van der Waals surface area contributed by atoms with Crippen molar-refractivity contribution in [2.75, 3.05) is 0 Å². The van der Waals surface area contributed by atoms with Gasteiger partial charge in [0.2, 0.25) is 0 Å². The van der Waals surface area contributed by atoms with Crippen molar-refractivity contribution >= 4 is 27.3 Å². The van der Waals surface area contributed by atoms with E-state index in [1.54, 1.807) is 12.1 Å². The summed E-state index contributed by atoms with van der Waals surface area (Å²) in [6, 6.07) is 6.15. The Labute approximate surface area is 136 Å². The molecule has 4 saturated carbocycles. The van der Waals surface area contributed by atoms with Crippen molar-refractivity contribution in [3.63, 3.8) is 0 Å². The molecule has 1 aromatic rings. The Morgan fingerprint density at radius 2 is 1.50 bits per heavy atom. The Bertz CT molecular complexity index is 682. The van der Waals surface area contributed by atoms with Crippen LogP contribution in [0.25, 0.3) is 0 Å². The summed E-state index contributed by atoms with van der Waals surface area (Å²) < 4.78 is 24.6. The lowest BCUT2D eigenvalue weighted by atomic mass is 9.55. The third kappa shape index (κ3) is 2.54. The van der Waals surface area contributed by atoms with Crippen LogP contribution in [-0.4, -0.2) is 14.1 Å². The summed E-state index contributed by atoms with van der Waals surface area (Å²) >= 11 is 5.80. The zero-order valence-corrected chi connectivity index (χ0v) is 13.8. The summed E-state index contributed by atoms with van der Waals surface area (Å²) in [6.45, 7) is 0. The Morgan fingerprint density at radius 1 is 0.955 bits per heavy atom. The molecule has 0 amide bonds. The first-order chi connectivity index (χ1) is 10.5. The minimum Gasteiger partial charge on any atom is -0.200 e. The van der Waals surface area contributed by atoms with Gasteiger partial charge in [-0.3, -0.25) is 0 Å². The number of halogens is 1. The van der Waals surface area contributed by atoms with E-state index in [1.165, 1.54) is 44.2 Å². The maximum absolute atomic E-state index is 12.3. The van der Waals surface area contributed by atoms with Gasteiger partial charge < -0.3 is 0 Å². The molecule has 6 heteroatoms. The highest BCUT2D eigenvalue weighted by Crippen LogP contribution is 2.52. The molecule has 4 bridgehead atoms. The number of hydrogen-bond acceptors (Lipinski definition) is 3. The predicted octanol–water partition coefficient (Wildman–Crippen LogP) is 3.43. The fourth-order valence-corrected chi connectivity index (χ4v) is 5.58. The predicted molar refractivity (Wildman–Crippen MR) is 86.3 cm³/mol. The first-order valence-corrected chi connectivity index (χ1v) is 9.72. The first-order valence-electron chi connectivity index (χ1n) is 7.86. The molecule has 0 atom stereocenters. The van der Waals surface area contributed by atoms with Crippen molar-refractivity contribution in [3.05, 3.63) is 29.3 Å². The summed E-state index contributed by atoms with van der Waals surface area (Å²) in [5.74, 6) is 2.66. The Kier molecular flexibility index (Phi) is 3.46. The second kappa shape index (κ2) is 5.24. The van der Waals surface area contributed by atoms with Gasteiger partial charge in [-0.1, -0.05) is 11.6 Å². The molecule has 5 rings (SSSR count). The van der Waals surface area contributed by atoms with Crippen LogP contribution in [0.15, 0.2) is 34.3 Å². The number of benzene rings is 1. The first kappa shape index (κ1) is 14.5. The Morgan fingerprint density at radius 3 is 2.05 bits per heavy atom. The molecule has 4 aliphatic carbocycles. The number of hydrazone groups is 1. The van der Waals surface area contributed by atoms with Gasteiger partial charge in [-0.2, -0.15) is 13.5 Å². The maximum atomic E-state index is 12.3. The van der Waals surface area contributed by atoms with E-state index in [4.69, 9.17) is 11.6 Å². The molecule has 0 aromatic heterocycles. The van der Waals surface area contributed by atoms with E-state index in [9.17, 15) is 8.42 Å². The van der Waals surface area contributed by atoms with Gasteiger partial charge in [0, 0.05) is 10.7 Å². The molecule has 0 aliphatic heterocycles. The molecule has 0 saturated heterocycles. The quantitative estimate of drug-likeness (QED) is 0.858. The van der Waals surface area contributed by atoms with Crippen LogP contribution in [0.5, 0.6) is 0 Å². The van der Waals surface area contributed by atoms with Crippen molar-refractivity contribution < 1.29 is 8.42 Å². The molecule has 22 heavy (non-hydrogen) atoms. The number of rotatable bonds is 3. The van der Waals surface area contributed by atoms with Crippen molar-refractivity contribution in [1.29, 1.82) is 0 Å². The van der Waals surface area contributed by atoms with Gasteiger partial charge in [0.1, 0.15) is 0 Å². The summed E-state index contributed by atoms with van der Waals surface area (Å²) in [6.07, 6.45) is 6.13. The van der Waals surface area contributed by atoms with E-state index in [0.717, 1.165) is 17.5 Å². The molecule has 4 fully saturated rings. The molecule has 0 spiro atoms. The van der Waals surface area contributed by atoms with Crippen molar-refractivity contribution in [2.45, 2.75) is 37.0 Å². The van der Waals surface area contributed by atoms with Gasteiger partial charge in [-0.15, -0.1) is 0 Å². The molecule has 4 aliphatic rings. The minimum absolute atomic E-state index is 0.199. The standard InChI is InChI=1S/C16H19ClN2O2S/c17-14-1-3-15(4-2-14)22(20,21)19-18-16-12-6-10-5-11(8-12)9-13(16)7-10/h1-4,10-13,19H,5-9H2. The van der Waals surface area contributed by atoms with Gasteiger partial charge in [0.15, 0.2) is 0 Å². The molecule has 0 unspecified atom stereocenters. The molecular weight excluding hydrogens is 320 g/mol. The average Bonchev–Trinajstić information content (AvgIpc) is 2.46. The summed E-state index contributed by atoms with van der Waals surface area (Å²) in [5, 5.41) is 4.86. The van der Waals surface area contributed by atoms with Gasteiger partial charge >= 0.3 is 0 Å². The summed E-state index contributed by atoms with van der Waals surface area (Å²) in [5.41, 5.74) is 1.09. The molecule has 0 radical (unpaired) electrons. The van der Waals surface area contributed by atoms with E-state index in [2.05, 4.69) is 9.93 Å². The lowest BCUT2D eigenvalue weighted by molar-refractivity contribution is 0.108. The van der Waals surface area contributed by atoms with Crippen LogP contribution < -0.4 is 4.83 Å². The number of sulfonamides is 1. The van der Waals surface area contributed by atoms with Crippen molar-refractivity contribution in [3.8, 4) is 0 Å². The van der Waals surface area contributed by atoms with Crippen LogP contribution in [0.3, 0.4) is 0 Å². The van der Waals surface area contributed by atoms with Gasteiger partial charge in [0.05, 0.1) is 4.90 Å². The summed E-state index contributed by atoms with van der Waals surface area (Å²) in [7, 11) is -3.61. The van der Waals surface area contributed by atoms with Crippen molar-refractivity contribution in [2.24, 2.45) is 28.8 Å². The fraction of sp³-hybridized carbons (Fsp3) is 0.562. The van der Waals surface area contributed by atoms with E-state index >= 15 is 0 Å². The average molecular weight is 339 g/mol. The highest BCUT2D eigenvalue weighted by atomic mass is 35.5. The maximum Gasteiger partial charge on any atom is 0.276 e. The molecule has 4 nitrogen and oxygen atoms in total. The Balaban J connectivity index is 1.55. The number of hydrogen-bond donors (Lipinski definition) is 1. The van der Waals surface area contributed by atoms with Crippen LogP contribution in [-0.2, 0) is 10.0 Å². The van der Waals surface area contributed by atoms with Crippen LogP contribution >= 0.6 is 11.6 Å². The highest BCUT2D eigenvalue weighted by molar-refractivity contribution is 7.89. The highest BCUT2D eigenvalue weighted by Gasteiger charge is 2.46. The second-order valence-corrected chi connectivity index (χ2v) is 8.99. The molecule has 118 valence electrons. The van der Waals surface area contributed by atoms with Crippen LogP contribution in [0.2, 0.25) is 5.02 Å². The van der Waals surface area contributed by atoms with E-state index in [1.807, 2.05) is 0 Å². The van der Waals surface area contributed by atoms with E-state index in [-0.39, 0.29) is 4.90 Å². The van der Waals surface area contributed by atoms with Gasteiger partial charge in [-0.25, -0.2) is 4.83 Å². The van der Waals surface area contributed by atoms with Crippen LogP contribution in [0, 0.1) is 23.7 Å². The normalized spacial score (nSPS) is 33.0. The lowest BCUT2D eigenvalue weighted by Crippen LogP contribution is -2.46. The van der Waals surface area contributed by atoms with Crippen LogP contribution in [0.1, 0.15) is 32.1 Å². The number of nitrogens with zero attached hydrogens (tertiary/aromatic N) is 1. The fourth-order valence-electron chi connectivity index (χ4n) is 4.63. The smallest absolute Gasteiger partial charge is 0.200 e. The topological polar surface area (TPSA) is 58.5 Å². The van der Waals surface area contributed by atoms with Gasteiger partial charge in [0.25, 0.3) is 10.0 Å². The molecular formula is C16H19ClN2O2S. The Hall–Kier alpha value is -1.07. The molecule has 0 heterocycles.